The number of hydrogen-bond acceptors (Lipinski definition) is 5. The Kier molecular flexibility index (Phi) is 9.71. The number of nitrogens with zero attached hydrogens (tertiary/aromatic N) is 1. The molecule has 1 unspecified atom stereocenters. The number of carbonyl (C=O) groups is 3. The molecule has 5 aromatic carbocycles. The fourth-order valence-corrected chi connectivity index (χ4v) is 6.91. The smallest absolute Gasteiger partial charge is 0.272 e. The molecule has 1 aliphatic heterocycles. The predicted octanol–water partition coefficient (Wildman–Crippen LogP) is 8.78. The summed E-state index contributed by atoms with van der Waals surface area (Å²) in [5, 5.41) is 5.20. The Morgan fingerprint density at radius 1 is 0.720 bits per heavy atom. The van der Waals surface area contributed by atoms with Gasteiger partial charge in [-0.15, -0.1) is 11.8 Å². The molecule has 2 heterocycles. The summed E-state index contributed by atoms with van der Waals surface area (Å²) in [5.74, 6) is 0.135. The summed E-state index contributed by atoms with van der Waals surface area (Å²) in [6, 6.07) is 47.1. The normalized spacial score (nSPS) is 13.0. The molecule has 1 aliphatic rings. The molecule has 0 fully saturated rings. The lowest BCUT2D eigenvalue weighted by molar-refractivity contribution is -0.118. The van der Waals surface area contributed by atoms with Crippen molar-refractivity contribution in [2.24, 2.45) is 0 Å². The van der Waals surface area contributed by atoms with Gasteiger partial charge in [0.2, 0.25) is 5.91 Å². The standard InChI is InChI=1S/C42H33N3O4S/c46-40(32-17-8-3-9-18-32)44-36(28-34-22-25-38(49-34)30-13-4-1-5-14-30)41(47)43-33-20-23-35(24-21-33)50-39(31-15-6-2-7-16-31)42(48)45-27-26-29-12-10-11-19-37(29)45/h1-25,28,39H,26-27H2,(H,43,47)(H,44,46)/b36-28+. The second-order valence-electron chi connectivity index (χ2n) is 11.7. The van der Waals surface area contributed by atoms with Gasteiger partial charge in [-0.05, 0) is 72.1 Å². The highest BCUT2D eigenvalue weighted by atomic mass is 32.2. The first-order valence-electron chi connectivity index (χ1n) is 16.3. The molecule has 7 nitrogen and oxygen atoms in total. The number of para-hydroxylation sites is 1. The fourth-order valence-electron chi connectivity index (χ4n) is 5.82. The third-order valence-electron chi connectivity index (χ3n) is 8.35. The highest BCUT2D eigenvalue weighted by Crippen LogP contribution is 2.40. The van der Waals surface area contributed by atoms with Gasteiger partial charge in [-0.25, -0.2) is 0 Å². The molecule has 0 saturated heterocycles. The summed E-state index contributed by atoms with van der Waals surface area (Å²) in [6.45, 7) is 0.648. The van der Waals surface area contributed by atoms with Crippen molar-refractivity contribution in [1.82, 2.24) is 5.32 Å². The lowest BCUT2D eigenvalue weighted by Crippen LogP contribution is -2.32. The fraction of sp³-hybridized carbons (Fsp3) is 0.0714. The van der Waals surface area contributed by atoms with E-state index in [0.717, 1.165) is 28.1 Å². The van der Waals surface area contributed by atoms with Crippen molar-refractivity contribution in [1.29, 1.82) is 0 Å². The van der Waals surface area contributed by atoms with Crippen LogP contribution in [-0.4, -0.2) is 24.3 Å². The van der Waals surface area contributed by atoms with Crippen molar-refractivity contribution in [3.63, 3.8) is 0 Å². The number of thioether (sulfide) groups is 1. The first-order chi connectivity index (χ1) is 24.5. The Hall–Kier alpha value is -6.12. The van der Waals surface area contributed by atoms with E-state index in [0.29, 0.717) is 29.3 Å². The van der Waals surface area contributed by atoms with Gasteiger partial charge in [0.05, 0.1) is 0 Å². The molecule has 7 rings (SSSR count). The Bertz CT molecular complexity index is 2150. The quantitative estimate of drug-likeness (QED) is 0.112. The second-order valence-corrected chi connectivity index (χ2v) is 12.9. The van der Waals surface area contributed by atoms with Gasteiger partial charge in [-0.1, -0.05) is 97.1 Å². The average molecular weight is 676 g/mol. The van der Waals surface area contributed by atoms with Crippen LogP contribution in [0.5, 0.6) is 0 Å². The zero-order chi connectivity index (χ0) is 34.3. The van der Waals surface area contributed by atoms with Gasteiger partial charge in [-0.2, -0.15) is 0 Å². The minimum absolute atomic E-state index is 0.0203. The van der Waals surface area contributed by atoms with Crippen LogP contribution >= 0.6 is 11.8 Å². The van der Waals surface area contributed by atoms with E-state index in [1.165, 1.54) is 23.4 Å². The number of benzene rings is 5. The molecular formula is C42H33N3O4S. The first-order valence-corrected chi connectivity index (χ1v) is 17.2. The highest BCUT2D eigenvalue weighted by molar-refractivity contribution is 8.00. The lowest BCUT2D eigenvalue weighted by atomic mass is 10.1. The van der Waals surface area contributed by atoms with Gasteiger partial charge in [0.1, 0.15) is 22.5 Å². The van der Waals surface area contributed by atoms with E-state index in [4.69, 9.17) is 4.42 Å². The molecule has 0 spiro atoms. The molecule has 3 amide bonds. The van der Waals surface area contributed by atoms with E-state index in [9.17, 15) is 14.4 Å². The van der Waals surface area contributed by atoms with Gasteiger partial charge < -0.3 is 20.0 Å². The van der Waals surface area contributed by atoms with E-state index in [-0.39, 0.29) is 11.6 Å². The summed E-state index contributed by atoms with van der Waals surface area (Å²) >= 11 is 1.47. The summed E-state index contributed by atoms with van der Waals surface area (Å²) in [7, 11) is 0. The monoisotopic (exact) mass is 675 g/mol. The van der Waals surface area contributed by atoms with Gasteiger partial charge in [0, 0.05) is 40.0 Å². The molecule has 8 heteroatoms. The Balaban J connectivity index is 1.10. The zero-order valence-corrected chi connectivity index (χ0v) is 27.8. The third kappa shape index (κ3) is 7.46. The number of hydrogen-bond donors (Lipinski definition) is 2. The van der Waals surface area contributed by atoms with Crippen molar-refractivity contribution in [2.45, 2.75) is 16.6 Å². The predicted molar refractivity (Wildman–Crippen MR) is 199 cm³/mol. The van der Waals surface area contributed by atoms with Crippen LogP contribution in [0.4, 0.5) is 11.4 Å². The number of rotatable bonds is 10. The molecule has 0 saturated carbocycles. The van der Waals surface area contributed by atoms with E-state index >= 15 is 0 Å². The first kappa shape index (κ1) is 32.4. The van der Waals surface area contributed by atoms with E-state index in [2.05, 4.69) is 16.7 Å². The van der Waals surface area contributed by atoms with Crippen LogP contribution < -0.4 is 15.5 Å². The maximum absolute atomic E-state index is 14.0. The minimum Gasteiger partial charge on any atom is -0.457 e. The zero-order valence-electron chi connectivity index (χ0n) is 27.0. The lowest BCUT2D eigenvalue weighted by Gasteiger charge is -2.24. The largest absolute Gasteiger partial charge is 0.457 e. The maximum atomic E-state index is 14.0. The van der Waals surface area contributed by atoms with Crippen molar-refractivity contribution in [3.05, 3.63) is 180 Å². The Morgan fingerprint density at radius 2 is 1.38 bits per heavy atom. The highest BCUT2D eigenvalue weighted by Gasteiger charge is 2.31. The summed E-state index contributed by atoms with van der Waals surface area (Å²) in [5.41, 5.74) is 4.91. The molecule has 0 radical (unpaired) electrons. The van der Waals surface area contributed by atoms with Crippen LogP contribution in [-0.2, 0) is 16.0 Å². The van der Waals surface area contributed by atoms with E-state index < -0.39 is 17.1 Å². The van der Waals surface area contributed by atoms with E-state index in [1.54, 1.807) is 42.5 Å². The molecule has 0 aliphatic carbocycles. The molecular weight excluding hydrogens is 643 g/mol. The molecule has 0 bridgehead atoms. The maximum Gasteiger partial charge on any atom is 0.272 e. The van der Waals surface area contributed by atoms with Gasteiger partial charge in [-0.3, -0.25) is 14.4 Å². The molecule has 246 valence electrons. The van der Waals surface area contributed by atoms with Crippen LogP contribution in [0.2, 0.25) is 0 Å². The van der Waals surface area contributed by atoms with Crippen LogP contribution in [0.15, 0.2) is 167 Å². The SMILES string of the molecule is O=C(Nc1ccc(SC(C(=O)N2CCc3ccccc32)c2ccccc2)cc1)/C(=C\c1ccc(-c2ccccc2)o1)NC(=O)c1ccccc1. The summed E-state index contributed by atoms with van der Waals surface area (Å²) in [6.07, 6.45) is 2.35. The number of furan rings is 1. The number of carbonyl (C=O) groups excluding carboxylic acids is 3. The van der Waals surface area contributed by atoms with Crippen molar-refractivity contribution in [2.75, 3.05) is 16.8 Å². The van der Waals surface area contributed by atoms with Gasteiger partial charge in [0.15, 0.2) is 0 Å². The van der Waals surface area contributed by atoms with Crippen LogP contribution in [0, 0.1) is 0 Å². The van der Waals surface area contributed by atoms with Crippen LogP contribution in [0.25, 0.3) is 17.4 Å². The van der Waals surface area contributed by atoms with Crippen LogP contribution in [0.3, 0.4) is 0 Å². The molecule has 50 heavy (non-hydrogen) atoms. The van der Waals surface area contributed by atoms with E-state index in [1.807, 2.05) is 108 Å². The van der Waals surface area contributed by atoms with Gasteiger partial charge >= 0.3 is 0 Å². The summed E-state index contributed by atoms with van der Waals surface area (Å²) in [4.78, 5) is 43.5. The molecule has 2 N–H and O–H groups in total. The Morgan fingerprint density at radius 3 is 2.12 bits per heavy atom. The summed E-state index contributed by atoms with van der Waals surface area (Å²) < 4.78 is 6.01. The molecule has 6 aromatic rings. The number of nitrogens with one attached hydrogen (secondary N) is 2. The van der Waals surface area contributed by atoms with Gasteiger partial charge in [0.25, 0.3) is 11.8 Å². The topological polar surface area (TPSA) is 91.7 Å². The molecule has 1 aromatic heterocycles. The van der Waals surface area contributed by atoms with Crippen LogP contribution in [0.1, 0.15) is 32.5 Å². The molecule has 1 atom stereocenters. The number of amides is 3. The van der Waals surface area contributed by atoms with Crippen molar-refractivity contribution < 1.29 is 18.8 Å². The average Bonchev–Trinajstić information content (AvgIpc) is 3.83. The van der Waals surface area contributed by atoms with Crippen molar-refractivity contribution >= 4 is 46.9 Å². The number of anilines is 2. The van der Waals surface area contributed by atoms with Crippen molar-refractivity contribution in [3.8, 4) is 11.3 Å². The minimum atomic E-state index is -0.516. The second kappa shape index (κ2) is 15.0. The Labute approximate surface area is 294 Å². The number of fused-ring (bicyclic) bond motifs is 1. The third-order valence-corrected chi connectivity index (χ3v) is 9.60.